The molecule has 0 saturated heterocycles. The van der Waals surface area contributed by atoms with Crippen molar-refractivity contribution in [2.45, 2.75) is 44.7 Å². The van der Waals surface area contributed by atoms with Crippen molar-refractivity contribution in [2.75, 3.05) is 0 Å². The highest BCUT2D eigenvalue weighted by Gasteiger charge is 2.26. The molecule has 1 amide bonds. The van der Waals surface area contributed by atoms with E-state index >= 15 is 0 Å². The fraction of sp³-hybridized carbons (Fsp3) is 0.350. The second-order valence-corrected chi connectivity index (χ2v) is 6.97. The normalized spacial score (nSPS) is 19.3. The Morgan fingerprint density at radius 2 is 2.04 bits per heavy atom. The lowest BCUT2D eigenvalue weighted by atomic mass is 9.91. The van der Waals surface area contributed by atoms with Crippen LogP contribution < -0.4 is 10.9 Å². The first kappa shape index (κ1) is 18.1. The molecule has 1 saturated carbocycles. The molecule has 3 heterocycles. The molecule has 1 aliphatic carbocycles. The maximum atomic E-state index is 12.3. The second-order valence-electron chi connectivity index (χ2n) is 6.97. The van der Waals surface area contributed by atoms with E-state index in [0.717, 1.165) is 36.9 Å². The van der Waals surface area contributed by atoms with Gasteiger partial charge in [0.1, 0.15) is 6.26 Å². The SMILES string of the molecule is Cc1nc(C(=O)NC2CCC(n3nc(-c4cccnc4)ccc3=O)CC2)co1. The smallest absolute Gasteiger partial charge is 0.273 e. The van der Waals surface area contributed by atoms with Gasteiger partial charge in [0.25, 0.3) is 11.5 Å². The zero-order chi connectivity index (χ0) is 19.5. The van der Waals surface area contributed by atoms with Crippen molar-refractivity contribution in [3.05, 3.63) is 64.9 Å². The van der Waals surface area contributed by atoms with Gasteiger partial charge in [0.05, 0.1) is 11.7 Å². The van der Waals surface area contributed by atoms with Crippen molar-refractivity contribution in [1.82, 2.24) is 25.1 Å². The first-order valence-electron chi connectivity index (χ1n) is 9.33. The molecule has 0 spiro atoms. The minimum absolute atomic E-state index is 0.0200. The van der Waals surface area contributed by atoms with Gasteiger partial charge in [-0.1, -0.05) is 0 Å². The van der Waals surface area contributed by atoms with Gasteiger partial charge in [-0.25, -0.2) is 9.67 Å². The van der Waals surface area contributed by atoms with Gasteiger partial charge >= 0.3 is 0 Å². The number of pyridine rings is 1. The van der Waals surface area contributed by atoms with E-state index in [2.05, 4.69) is 20.4 Å². The number of carbonyl (C=O) groups excluding carboxylic acids is 1. The van der Waals surface area contributed by atoms with Crippen LogP contribution in [0.15, 0.2) is 52.1 Å². The number of carbonyl (C=O) groups is 1. The molecule has 8 heteroatoms. The van der Waals surface area contributed by atoms with Gasteiger partial charge in [-0.3, -0.25) is 14.6 Å². The van der Waals surface area contributed by atoms with E-state index < -0.39 is 0 Å². The van der Waals surface area contributed by atoms with Crippen molar-refractivity contribution in [3.63, 3.8) is 0 Å². The molecule has 1 fully saturated rings. The summed E-state index contributed by atoms with van der Waals surface area (Å²) in [7, 11) is 0. The summed E-state index contributed by atoms with van der Waals surface area (Å²) in [6, 6.07) is 7.11. The highest BCUT2D eigenvalue weighted by molar-refractivity contribution is 5.92. The van der Waals surface area contributed by atoms with E-state index in [1.807, 2.05) is 12.1 Å². The van der Waals surface area contributed by atoms with Crippen molar-refractivity contribution in [3.8, 4) is 11.3 Å². The lowest BCUT2D eigenvalue weighted by Gasteiger charge is -2.29. The molecule has 0 aromatic carbocycles. The lowest BCUT2D eigenvalue weighted by molar-refractivity contribution is 0.0916. The Kier molecular flexibility index (Phi) is 5.01. The first-order valence-corrected chi connectivity index (χ1v) is 9.33. The Bertz CT molecular complexity index is 1020. The molecular formula is C20H21N5O3. The molecule has 1 aliphatic rings. The third kappa shape index (κ3) is 3.85. The Balaban J connectivity index is 1.42. The van der Waals surface area contributed by atoms with Crippen molar-refractivity contribution < 1.29 is 9.21 Å². The first-order chi connectivity index (χ1) is 13.6. The van der Waals surface area contributed by atoms with Crippen LogP contribution in [0.2, 0.25) is 0 Å². The number of oxazole rings is 1. The summed E-state index contributed by atoms with van der Waals surface area (Å²) in [6.07, 6.45) is 7.89. The molecule has 0 unspecified atom stereocenters. The van der Waals surface area contributed by atoms with E-state index in [-0.39, 0.29) is 23.6 Å². The summed E-state index contributed by atoms with van der Waals surface area (Å²) < 4.78 is 6.66. The summed E-state index contributed by atoms with van der Waals surface area (Å²) in [5.74, 6) is 0.238. The van der Waals surface area contributed by atoms with Gasteiger partial charge in [-0.15, -0.1) is 0 Å². The van der Waals surface area contributed by atoms with Crippen LogP contribution >= 0.6 is 0 Å². The number of rotatable bonds is 4. The quantitative estimate of drug-likeness (QED) is 0.747. The number of aryl methyl sites for hydroxylation is 1. The highest BCUT2D eigenvalue weighted by atomic mass is 16.3. The van der Waals surface area contributed by atoms with Gasteiger partial charge in [0, 0.05) is 37.0 Å². The third-order valence-corrected chi connectivity index (χ3v) is 5.01. The van der Waals surface area contributed by atoms with Crippen LogP contribution in [0.25, 0.3) is 11.3 Å². The summed E-state index contributed by atoms with van der Waals surface area (Å²) in [5, 5.41) is 7.55. The number of hydrogen-bond donors (Lipinski definition) is 1. The van der Waals surface area contributed by atoms with Crippen LogP contribution in [0.5, 0.6) is 0 Å². The monoisotopic (exact) mass is 379 g/mol. The van der Waals surface area contributed by atoms with Crippen molar-refractivity contribution in [2.24, 2.45) is 0 Å². The third-order valence-electron chi connectivity index (χ3n) is 5.01. The van der Waals surface area contributed by atoms with Gasteiger partial charge < -0.3 is 9.73 Å². The second kappa shape index (κ2) is 7.75. The van der Waals surface area contributed by atoms with Crippen molar-refractivity contribution >= 4 is 5.91 Å². The van der Waals surface area contributed by atoms with Crippen LogP contribution in [0.1, 0.15) is 48.1 Å². The van der Waals surface area contributed by atoms with Crippen LogP contribution in [0, 0.1) is 6.92 Å². The number of aromatic nitrogens is 4. The molecule has 8 nitrogen and oxygen atoms in total. The Morgan fingerprint density at radius 1 is 1.21 bits per heavy atom. The zero-order valence-corrected chi connectivity index (χ0v) is 15.5. The maximum Gasteiger partial charge on any atom is 0.273 e. The Hall–Kier alpha value is -3.29. The summed E-state index contributed by atoms with van der Waals surface area (Å²) in [4.78, 5) is 32.7. The Labute approximate surface area is 161 Å². The zero-order valence-electron chi connectivity index (χ0n) is 15.5. The molecule has 144 valence electrons. The largest absolute Gasteiger partial charge is 0.448 e. The van der Waals surface area contributed by atoms with Crippen LogP contribution in [0.4, 0.5) is 0 Å². The van der Waals surface area contributed by atoms with Crippen molar-refractivity contribution in [1.29, 1.82) is 0 Å². The van der Waals surface area contributed by atoms with E-state index in [1.54, 1.807) is 36.1 Å². The fourth-order valence-electron chi connectivity index (χ4n) is 3.55. The number of amides is 1. The van der Waals surface area contributed by atoms with Gasteiger partial charge in [-0.2, -0.15) is 5.10 Å². The topological polar surface area (TPSA) is 103 Å². The highest BCUT2D eigenvalue weighted by Crippen LogP contribution is 2.27. The summed E-state index contributed by atoms with van der Waals surface area (Å²) in [6.45, 7) is 1.70. The molecule has 0 aliphatic heterocycles. The molecular weight excluding hydrogens is 358 g/mol. The average molecular weight is 379 g/mol. The van der Waals surface area contributed by atoms with E-state index in [9.17, 15) is 9.59 Å². The predicted octanol–water partition coefficient (Wildman–Crippen LogP) is 2.52. The average Bonchev–Trinajstić information content (AvgIpc) is 3.16. The van der Waals surface area contributed by atoms with Gasteiger partial charge in [0.15, 0.2) is 11.6 Å². The maximum absolute atomic E-state index is 12.3. The molecule has 3 aromatic rings. The van der Waals surface area contributed by atoms with Crippen LogP contribution in [-0.2, 0) is 0 Å². The summed E-state index contributed by atoms with van der Waals surface area (Å²) in [5.41, 5.74) is 1.78. The number of nitrogens with one attached hydrogen (secondary N) is 1. The van der Waals surface area contributed by atoms with Crippen LogP contribution in [0.3, 0.4) is 0 Å². The molecule has 0 bridgehead atoms. The van der Waals surface area contributed by atoms with E-state index in [1.165, 1.54) is 6.26 Å². The predicted molar refractivity (Wildman–Crippen MR) is 102 cm³/mol. The van der Waals surface area contributed by atoms with E-state index in [4.69, 9.17) is 4.42 Å². The molecule has 1 N–H and O–H groups in total. The standard InChI is InChI=1S/C20H21N5O3/c1-13-22-18(12-28-13)20(27)23-15-4-6-16(7-5-15)25-19(26)9-8-17(24-25)14-3-2-10-21-11-14/h2-3,8-12,15-16H,4-7H2,1H3,(H,23,27). The minimum Gasteiger partial charge on any atom is -0.448 e. The van der Waals surface area contributed by atoms with Gasteiger partial charge in [-0.05, 0) is 43.9 Å². The lowest BCUT2D eigenvalue weighted by Crippen LogP contribution is -2.39. The molecule has 28 heavy (non-hydrogen) atoms. The number of nitrogens with zero attached hydrogens (tertiary/aromatic N) is 4. The molecule has 0 atom stereocenters. The van der Waals surface area contributed by atoms with Gasteiger partial charge in [0.2, 0.25) is 0 Å². The Morgan fingerprint density at radius 3 is 2.71 bits per heavy atom. The summed E-state index contributed by atoms with van der Waals surface area (Å²) >= 11 is 0. The van der Waals surface area contributed by atoms with E-state index in [0.29, 0.717) is 11.6 Å². The van der Waals surface area contributed by atoms with Crippen LogP contribution in [-0.4, -0.2) is 31.7 Å². The molecule has 0 radical (unpaired) electrons. The number of hydrogen-bond acceptors (Lipinski definition) is 6. The molecule has 4 rings (SSSR count). The fourth-order valence-corrected chi connectivity index (χ4v) is 3.55. The molecule has 3 aromatic heterocycles. The minimum atomic E-state index is -0.228.